The topological polar surface area (TPSA) is 93.5 Å². The van der Waals surface area contributed by atoms with E-state index in [0.717, 1.165) is 5.56 Å². The van der Waals surface area contributed by atoms with Crippen LogP contribution in [0.25, 0.3) is 0 Å². The number of fused-ring (bicyclic) bond motifs is 2. The molecule has 2 aromatic carbocycles. The average molecular weight is 432 g/mol. The molecule has 0 bridgehead atoms. The van der Waals surface area contributed by atoms with Crippen LogP contribution >= 0.6 is 15.9 Å². The highest BCUT2D eigenvalue weighted by Crippen LogP contribution is 2.50. The first-order valence-corrected chi connectivity index (χ1v) is 9.35. The van der Waals surface area contributed by atoms with Gasteiger partial charge in [-0.1, -0.05) is 24.3 Å². The van der Waals surface area contributed by atoms with E-state index in [1.165, 1.54) is 0 Å². The Morgan fingerprint density at radius 3 is 2.67 bits per heavy atom. The van der Waals surface area contributed by atoms with Crippen molar-refractivity contribution in [2.45, 2.75) is 30.5 Å². The summed E-state index contributed by atoms with van der Waals surface area (Å²) in [7, 11) is 1.56. The molecule has 1 fully saturated rings. The molecule has 1 spiro atoms. The zero-order valence-electron chi connectivity index (χ0n) is 14.7. The molecule has 2 N–H and O–H groups in total. The van der Waals surface area contributed by atoms with E-state index in [1.807, 2.05) is 19.1 Å². The van der Waals surface area contributed by atoms with E-state index < -0.39 is 17.5 Å². The van der Waals surface area contributed by atoms with Gasteiger partial charge >= 0.3 is 0 Å². The number of ether oxygens (including phenoxy) is 1. The van der Waals surface area contributed by atoms with E-state index in [2.05, 4.69) is 26.6 Å². The molecular weight excluding hydrogens is 414 g/mol. The van der Waals surface area contributed by atoms with Gasteiger partial charge in [-0.2, -0.15) is 0 Å². The quantitative estimate of drug-likeness (QED) is 0.575. The van der Waals surface area contributed by atoms with Gasteiger partial charge in [0.25, 0.3) is 11.9 Å². The lowest BCUT2D eigenvalue weighted by atomic mass is 9.78. The first-order chi connectivity index (χ1) is 12.9. The van der Waals surface area contributed by atoms with Crippen molar-refractivity contribution in [3.8, 4) is 5.75 Å². The number of para-hydroxylation sites is 1. The minimum Gasteiger partial charge on any atom is -0.496 e. The maximum Gasteiger partial charge on any atom is 0.256 e. The number of rotatable bonds is 3. The highest BCUT2D eigenvalue weighted by molar-refractivity contribution is 9.10. The van der Waals surface area contributed by atoms with Gasteiger partial charge in [0, 0.05) is 22.2 Å². The molecule has 8 heteroatoms. The van der Waals surface area contributed by atoms with Crippen molar-refractivity contribution in [3.63, 3.8) is 0 Å². The van der Waals surface area contributed by atoms with Gasteiger partial charge in [-0.15, -0.1) is 0 Å². The van der Waals surface area contributed by atoms with Gasteiger partial charge < -0.3 is 10.1 Å². The first-order valence-electron chi connectivity index (χ1n) is 8.55. The Morgan fingerprint density at radius 2 is 2.00 bits per heavy atom. The molecule has 0 saturated carbocycles. The first kappa shape index (κ1) is 17.9. The van der Waals surface area contributed by atoms with E-state index in [-0.39, 0.29) is 16.9 Å². The summed E-state index contributed by atoms with van der Waals surface area (Å²) in [4.78, 5) is 24.8. The summed E-state index contributed by atoms with van der Waals surface area (Å²) < 4.78 is 5.98. The predicted octanol–water partition coefficient (Wildman–Crippen LogP) is 3.03. The van der Waals surface area contributed by atoms with Gasteiger partial charge in [0.2, 0.25) is 0 Å². The normalized spacial score (nSPS) is 28.9. The summed E-state index contributed by atoms with van der Waals surface area (Å²) in [5.74, 6) is -0.222. The second-order valence-corrected chi connectivity index (χ2v) is 7.75. The summed E-state index contributed by atoms with van der Waals surface area (Å²) in [5.41, 5.74) is 0.624. The molecule has 1 saturated heterocycles. The molecular formula is C19H18BrN3O4. The molecule has 0 aliphatic carbocycles. The van der Waals surface area contributed by atoms with Crippen LogP contribution in [0.15, 0.2) is 46.9 Å². The zero-order chi connectivity index (χ0) is 19.3. The van der Waals surface area contributed by atoms with Crippen LogP contribution in [0.5, 0.6) is 5.75 Å². The number of methoxy groups -OCH3 is 1. The maximum absolute atomic E-state index is 13.0. The van der Waals surface area contributed by atoms with Crippen molar-refractivity contribution < 1.29 is 14.5 Å². The lowest BCUT2D eigenvalue weighted by Gasteiger charge is -2.25. The Balaban J connectivity index is 1.87. The largest absolute Gasteiger partial charge is 0.496 e. The molecule has 0 radical (unpaired) electrons. The Hall–Kier alpha value is -2.45. The highest BCUT2D eigenvalue weighted by Gasteiger charge is 2.67. The van der Waals surface area contributed by atoms with Crippen LogP contribution in [0.4, 0.5) is 5.69 Å². The molecule has 7 nitrogen and oxygen atoms in total. The fourth-order valence-electron chi connectivity index (χ4n) is 4.44. The Labute approximate surface area is 164 Å². The molecule has 2 heterocycles. The number of nitrogens with zero attached hydrogens (tertiary/aromatic N) is 1. The monoisotopic (exact) mass is 431 g/mol. The summed E-state index contributed by atoms with van der Waals surface area (Å²) in [5, 5.41) is 18.3. The molecule has 27 heavy (non-hydrogen) atoms. The van der Waals surface area contributed by atoms with Gasteiger partial charge in [0.15, 0.2) is 5.54 Å². The van der Waals surface area contributed by atoms with Gasteiger partial charge in [-0.25, -0.2) is 0 Å². The summed E-state index contributed by atoms with van der Waals surface area (Å²) in [6, 6.07) is 11.1. The lowest BCUT2D eigenvalue weighted by Crippen LogP contribution is -2.54. The standard InChI is InChI=1S/C19H18BrN3O4/c1-10-16(11-7-8-15(27-2)13(20)9-11)17(23(25)26)19(22-10)12-5-3-4-6-14(12)21-18(19)24/h3-10,16-17,22H,1-2H3,(H,21,24)/t10-,16-,17-,19+/m0/s1. The van der Waals surface area contributed by atoms with Gasteiger partial charge in [-0.05, 0) is 46.6 Å². The molecule has 2 aliphatic rings. The van der Waals surface area contributed by atoms with Crippen LogP contribution in [0.3, 0.4) is 0 Å². The molecule has 4 atom stereocenters. The summed E-state index contributed by atoms with van der Waals surface area (Å²) in [6.45, 7) is 1.88. The molecule has 0 unspecified atom stereocenters. The van der Waals surface area contributed by atoms with Crippen molar-refractivity contribution in [2.75, 3.05) is 12.4 Å². The van der Waals surface area contributed by atoms with Crippen LogP contribution in [0, 0.1) is 10.1 Å². The van der Waals surface area contributed by atoms with Gasteiger partial charge in [0.05, 0.1) is 17.5 Å². The number of amides is 1. The van der Waals surface area contributed by atoms with Gasteiger partial charge in [-0.3, -0.25) is 20.2 Å². The molecule has 0 aromatic heterocycles. The minimum atomic E-state index is -1.39. The maximum atomic E-state index is 13.0. The Morgan fingerprint density at radius 1 is 1.26 bits per heavy atom. The van der Waals surface area contributed by atoms with E-state index in [0.29, 0.717) is 21.5 Å². The summed E-state index contributed by atoms with van der Waals surface area (Å²) >= 11 is 3.45. The van der Waals surface area contributed by atoms with E-state index in [4.69, 9.17) is 4.74 Å². The predicted molar refractivity (Wildman–Crippen MR) is 104 cm³/mol. The minimum absolute atomic E-state index is 0.280. The fourth-order valence-corrected chi connectivity index (χ4v) is 5.00. The van der Waals surface area contributed by atoms with Crippen LogP contribution in [0.1, 0.15) is 24.0 Å². The number of carbonyl (C=O) groups is 1. The third kappa shape index (κ3) is 2.47. The highest BCUT2D eigenvalue weighted by atomic mass is 79.9. The SMILES string of the molecule is COc1ccc([C@@H]2[C@H](C)N[C@@]3(C(=O)Nc4ccccc43)[C@H]2[N+](=O)[O-])cc1Br. The smallest absolute Gasteiger partial charge is 0.256 e. The number of anilines is 1. The summed E-state index contributed by atoms with van der Waals surface area (Å²) in [6.07, 6.45) is 0. The molecule has 4 rings (SSSR count). The number of benzene rings is 2. The Bertz CT molecular complexity index is 950. The van der Waals surface area contributed by atoms with Crippen LogP contribution in [-0.4, -0.2) is 30.0 Å². The number of nitro groups is 1. The van der Waals surface area contributed by atoms with Crippen molar-refractivity contribution in [1.82, 2.24) is 5.32 Å². The number of hydrogen-bond acceptors (Lipinski definition) is 5. The number of nitrogens with one attached hydrogen (secondary N) is 2. The van der Waals surface area contributed by atoms with Crippen molar-refractivity contribution in [3.05, 3.63) is 68.2 Å². The zero-order valence-corrected chi connectivity index (χ0v) is 16.3. The van der Waals surface area contributed by atoms with Crippen molar-refractivity contribution in [1.29, 1.82) is 0 Å². The second-order valence-electron chi connectivity index (χ2n) is 6.89. The molecule has 2 aromatic rings. The van der Waals surface area contributed by atoms with Crippen molar-refractivity contribution in [2.24, 2.45) is 0 Å². The number of hydrogen-bond donors (Lipinski definition) is 2. The van der Waals surface area contributed by atoms with Crippen LogP contribution in [0.2, 0.25) is 0 Å². The molecule has 140 valence electrons. The third-order valence-electron chi connectivity index (χ3n) is 5.52. The van der Waals surface area contributed by atoms with Crippen LogP contribution in [-0.2, 0) is 10.3 Å². The number of halogens is 1. The average Bonchev–Trinajstić information content (AvgIpc) is 3.10. The number of carbonyl (C=O) groups excluding carboxylic acids is 1. The van der Waals surface area contributed by atoms with E-state index in [9.17, 15) is 14.9 Å². The second kappa shape index (κ2) is 6.31. The van der Waals surface area contributed by atoms with E-state index >= 15 is 0 Å². The van der Waals surface area contributed by atoms with Crippen LogP contribution < -0.4 is 15.4 Å². The third-order valence-corrected chi connectivity index (χ3v) is 6.14. The fraction of sp³-hybridized carbons (Fsp3) is 0.316. The Kier molecular flexibility index (Phi) is 4.20. The van der Waals surface area contributed by atoms with Gasteiger partial charge in [0.1, 0.15) is 5.75 Å². The molecule has 1 amide bonds. The van der Waals surface area contributed by atoms with E-state index in [1.54, 1.807) is 37.4 Å². The van der Waals surface area contributed by atoms with Crippen molar-refractivity contribution >= 4 is 27.5 Å². The lowest BCUT2D eigenvalue weighted by molar-refractivity contribution is -0.532. The molecule has 2 aliphatic heterocycles.